The summed E-state index contributed by atoms with van der Waals surface area (Å²) < 4.78 is 24.7. The van der Waals surface area contributed by atoms with Crippen LogP contribution < -0.4 is 14.8 Å². The van der Waals surface area contributed by atoms with Gasteiger partial charge in [0.2, 0.25) is 6.79 Å². The van der Waals surface area contributed by atoms with Gasteiger partial charge >= 0.3 is 6.03 Å². The van der Waals surface area contributed by atoms with Crippen LogP contribution in [0.2, 0.25) is 0 Å². The molecule has 0 aliphatic carbocycles. The lowest BCUT2D eigenvalue weighted by atomic mass is 9.87. The second-order valence-electron chi connectivity index (χ2n) is 6.38. The Hall–Kier alpha value is -2.61. The maximum Gasteiger partial charge on any atom is 0.325 e. The maximum atomic E-state index is 13.3. The molecule has 1 fully saturated rings. The lowest BCUT2D eigenvalue weighted by Gasteiger charge is -2.26. The van der Waals surface area contributed by atoms with Crippen molar-refractivity contribution in [2.45, 2.75) is 25.4 Å². The third-order valence-electron chi connectivity index (χ3n) is 4.91. The Morgan fingerprint density at radius 2 is 1.85 bits per heavy atom. The fourth-order valence-corrected chi connectivity index (χ4v) is 3.84. The van der Waals surface area contributed by atoms with E-state index in [-0.39, 0.29) is 19.2 Å². The first kappa shape index (κ1) is 17.8. The van der Waals surface area contributed by atoms with Crippen LogP contribution in [0.15, 0.2) is 40.9 Å². The molecule has 0 radical (unpaired) electrons. The number of imide groups is 1. The second kappa shape index (κ2) is 6.53. The van der Waals surface area contributed by atoms with Crippen molar-refractivity contribution >= 4 is 27.9 Å². The first-order valence-corrected chi connectivity index (χ1v) is 9.22. The smallest absolute Gasteiger partial charge is 0.325 e. The molecule has 3 amide bonds. The van der Waals surface area contributed by atoms with E-state index >= 15 is 0 Å². The average molecular weight is 435 g/mol. The maximum absolute atomic E-state index is 13.3. The predicted octanol–water partition coefficient (Wildman–Crippen LogP) is 3.67. The van der Waals surface area contributed by atoms with Crippen molar-refractivity contribution in [3.63, 3.8) is 0 Å². The molecule has 140 valence electrons. The summed E-state index contributed by atoms with van der Waals surface area (Å²) in [7, 11) is 0. The van der Waals surface area contributed by atoms with E-state index in [0.29, 0.717) is 33.5 Å². The second-order valence-corrected chi connectivity index (χ2v) is 7.24. The van der Waals surface area contributed by atoms with Crippen LogP contribution in [0.25, 0.3) is 0 Å². The number of amides is 3. The first-order chi connectivity index (χ1) is 12.9. The van der Waals surface area contributed by atoms with Crippen LogP contribution in [0.4, 0.5) is 9.18 Å². The lowest BCUT2D eigenvalue weighted by molar-refractivity contribution is -0.132. The molecule has 2 aliphatic rings. The number of ether oxygens (including phenoxy) is 2. The number of hydrogen-bond acceptors (Lipinski definition) is 4. The molecule has 0 bridgehead atoms. The number of carbonyl (C=O) groups is 2. The van der Waals surface area contributed by atoms with Gasteiger partial charge in [-0.3, -0.25) is 9.69 Å². The van der Waals surface area contributed by atoms with Gasteiger partial charge in [-0.05, 0) is 41.8 Å². The highest BCUT2D eigenvalue weighted by Crippen LogP contribution is 2.39. The van der Waals surface area contributed by atoms with Crippen LogP contribution in [0.3, 0.4) is 0 Å². The molecule has 0 saturated carbocycles. The standard InChI is InChI=1S/C19H16BrFN2O4/c1-2-19(12-3-5-13(21)6-4-12)17(24)23(18(25)22-19)9-11-7-15-16(8-14(11)20)27-10-26-15/h3-8H,2,9-10H2,1H3,(H,22,25)/t19-/m0/s1. The minimum absolute atomic E-state index is 0.0742. The van der Waals surface area contributed by atoms with Gasteiger partial charge in [-0.15, -0.1) is 0 Å². The molecule has 2 heterocycles. The third kappa shape index (κ3) is 2.84. The quantitative estimate of drug-likeness (QED) is 0.745. The first-order valence-electron chi connectivity index (χ1n) is 8.43. The monoisotopic (exact) mass is 434 g/mol. The number of rotatable bonds is 4. The summed E-state index contributed by atoms with van der Waals surface area (Å²) in [5, 5.41) is 2.79. The van der Waals surface area contributed by atoms with Crippen molar-refractivity contribution in [3.05, 3.63) is 57.8 Å². The number of benzene rings is 2. The van der Waals surface area contributed by atoms with Crippen molar-refractivity contribution in [2.75, 3.05) is 6.79 Å². The van der Waals surface area contributed by atoms with E-state index in [1.165, 1.54) is 24.3 Å². The number of nitrogens with zero attached hydrogens (tertiary/aromatic N) is 1. The Balaban J connectivity index is 1.66. The topological polar surface area (TPSA) is 67.9 Å². The normalized spacial score (nSPS) is 20.9. The van der Waals surface area contributed by atoms with Crippen LogP contribution in [-0.4, -0.2) is 23.6 Å². The van der Waals surface area contributed by atoms with Crippen molar-refractivity contribution in [1.82, 2.24) is 10.2 Å². The van der Waals surface area contributed by atoms with Crippen LogP contribution in [0.1, 0.15) is 24.5 Å². The highest BCUT2D eigenvalue weighted by atomic mass is 79.9. The van der Waals surface area contributed by atoms with Gasteiger partial charge < -0.3 is 14.8 Å². The molecule has 6 nitrogen and oxygen atoms in total. The highest BCUT2D eigenvalue weighted by Gasteiger charge is 2.51. The molecular formula is C19H16BrFN2O4. The predicted molar refractivity (Wildman–Crippen MR) is 97.7 cm³/mol. The minimum Gasteiger partial charge on any atom is -0.454 e. The average Bonchev–Trinajstić information content (AvgIpc) is 3.20. The van der Waals surface area contributed by atoms with Crippen molar-refractivity contribution in [2.24, 2.45) is 0 Å². The van der Waals surface area contributed by atoms with E-state index in [1.54, 1.807) is 12.1 Å². The van der Waals surface area contributed by atoms with E-state index in [2.05, 4.69) is 21.2 Å². The minimum atomic E-state index is -1.20. The Kier molecular flexibility index (Phi) is 4.30. The number of halogens is 2. The molecule has 2 aromatic carbocycles. The molecule has 2 aromatic rings. The fourth-order valence-electron chi connectivity index (χ4n) is 3.39. The van der Waals surface area contributed by atoms with Gasteiger partial charge in [0.05, 0.1) is 6.54 Å². The van der Waals surface area contributed by atoms with Gasteiger partial charge in [0.15, 0.2) is 11.5 Å². The van der Waals surface area contributed by atoms with E-state index in [0.717, 1.165) is 4.90 Å². The molecular weight excluding hydrogens is 419 g/mol. The Morgan fingerprint density at radius 3 is 2.52 bits per heavy atom. The van der Waals surface area contributed by atoms with Gasteiger partial charge in [-0.25, -0.2) is 9.18 Å². The highest BCUT2D eigenvalue weighted by molar-refractivity contribution is 9.10. The molecule has 2 aliphatic heterocycles. The van der Waals surface area contributed by atoms with Crippen molar-refractivity contribution in [3.8, 4) is 11.5 Å². The van der Waals surface area contributed by atoms with Crippen LogP contribution in [0.5, 0.6) is 11.5 Å². The van der Waals surface area contributed by atoms with Crippen LogP contribution in [0, 0.1) is 5.82 Å². The van der Waals surface area contributed by atoms with Gasteiger partial charge in [-0.1, -0.05) is 35.0 Å². The van der Waals surface area contributed by atoms with E-state index in [9.17, 15) is 14.0 Å². The summed E-state index contributed by atoms with van der Waals surface area (Å²) in [6.45, 7) is 2.02. The van der Waals surface area contributed by atoms with Gasteiger partial charge in [0.25, 0.3) is 5.91 Å². The molecule has 27 heavy (non-hydrogen) atoms. The summed E-state index contributed by atoms with van der Waals surface area (Å²) in [6, 6.07) is 8.62. The van der Waals surface area contributed by atoms with Crippen LogP contribution >= 0.6 is 15.9 Å². The number of carbonyl (C=O) groups excluding carboxylic acids is 2. The van der Waals surface area contributed by atoms with Gasteiger partial charge in [0, 0.05) is 4.47 Å². The van der Waals surface area contributed by atoms with Crippen molar-refractivity contribution < 1.29 is 23.5 Å². The summed E-state index contributed by atoms with van der Waals surface area (Å²) in [6.07, 6.45) is 0.349. The zero-order valence-electron chi connectivity index (χ0n) is 14.4. The summed E-state index contributed by atoms with van der Waals surface area (Å²) in [4.78, 5) is 26.9. The lowest BCUT2D eigenvalue weighted by Crippen LogP contribution is -2.43. The Bertz CT molecular complexity index is 934. The molecule has 1 N–H and O–H groups in total. The molecule has 4 rings (SSSR count). The zero-order chi connectivity index (χ0) is 19.2. The van der Waals surface area contributed by atoms with E-state index < -0.39 is 17.4 Å². The largest absolute Gasteiger partial charge is 0.454 e. The molecule has 8 heteroatoms. The Labute approximate surface area is 163 Å². The summed E-state index contributed by atoms with van der Waals surface area (Å²) in [5.74, 6) is 0.409. The zero-order valence-corrected chi connectivity index (χ0v) is 16.0. The van der Waals surface area contributed by atoms with Gasteiger partial charge in [0.1, 0.15) is 11.4 Å². The molecule has 1 atom stereocenters. The summed E-state index contributed by atoms with van der Waals surface area (Å²) >= 11 is 3.45. The number of fused-ring (bicyclic) bond motifs is 1. The molecule has 0 spiro atoms. The number of urea groups is 1. The molecule has 1 saturated heterocycles. The van der Waals surface area contributed by atoms with Crippen molar-refractivity contribution in [1.29, 1.82) is 0 Å². The van der Waals surface area contributed by atoms with E-state index in [1.807, 2.05) is 6.92 Å². The Morgan fingerprint density at radius 1 is 1.19 bits per heavy atom. The number of hydrogen-bond donors (Lipinski definition) is 1. The molecule has 0 unspecified atom stereocenters. The van der Waals surface area contributed by atoms with Crippen LogP contribution in [-0.2, 0) is 16.9 Å². The van der Waals surface area contributed by atoms with Gasteiger partial charge in [-0.2, -0.15) is 0 Å². The third-order valence-corrected chi connectivity index (χ3v) is 5.65. The molecule has 0 aromatic heterocycles. The van der Waals surface area contributed by atoms with E-state index in [4.69, 9.17) is 9.47 Å². The SMILES string of the molecule is CC[C@@]1(c2ccc(F)cc2)NC(=O)N(Cc2cc3c(cc2Br)OCO3)C1=O. The fraction of sp³-hybridized carbons (Fsp3) is 0.263. The number of nitrogens with one attached hydrogen (secondary N) is 1. The summed E-state index contributed by atoms with van der Waals surface area (Å²) in [5.41, 5.74) is 0.0684.